The SMILES string of the molecule is c1ccc(-c2ccc3nc4c(nc3c2)c2cc3ccccc3c3c5cc(-c6ccc7c(c6)c6ccccc6n7-c6ccccc6)ccc5n4c23)cc1. The Labute approximate surface area is 297 Å². The van der Waals surface area contributed by atoms with Gasteiger partial charge in [0.15, 0.2) is 5.65 Å². The van der Waals surface area contributed by atoms with Crippen molar-refractivity contribution in [3.05, 3.63) is 170 Å². The normalized spacial score (nSPS) is 12.2. The molecule has 0 aliphatic heterocycles. The van der Waals surface area contributed by atoms with Crippen LogP contribution in [0.3, 0.4) is 0 Å². The van der Waals surface area contributed by atoms with Crippen LogP contribution in [-0.2, 0) is 0 Å². The fraction of sp³-hybridized carbons (Fsp3) is 0. The van der Waals surface area contributed by atoms with E-state index in [4.69, 9.17) is 9.97 Å². The lowest BCUT2D eigenvalue weighted by Gasteiger charge is -2.08. The van der Waals surface area contributed by atoms with Gasteiger partial charge in [0.2, 0.25) is 0 Å². The average molecular weight is 661 g/mol. The van der Waals surface area contributed by atoms with E-state index in [0.29, 0.717) is 0 Å². The number of fused-ring (bicyclic) bond motifs is 12. The molecule has 0 saturated carbocycles. The van der Waals surface area contributed by atoms with Gasteiger partial charge in [-0.25, -0.2) is 9.97 Å². The minimum absolute atomic E-state index is 0.894. The quantitative estimate of drug-likeness (QED) is 0.189. The van der Waals surface area contributed by atoms with E-state index in [1.165, 1.54) is 71.2 Å². The fourth-order valence-corrected chi connectivity index (χ4v) is 8.67. The Hall–Kier alpha value is -7.04. The molecular formula is C48H28N4. The zero-order valence-corrected chi connectivity index (χ0v) is 28.0. The molecule has 4 aromatic heterocycles. The predicted octanol–water partition coefficient (Wildman–Crippen LogP) is 12.4. The Bertz CT molecular complexity index is 3390. The molecule has 12 rings (SSSR count). The number of nitrogens with zero attached hydrogens (tertiary/aromatic N) is 4. The third kappa shape index (κ3) is 3.75. The van der Waals surface area contributed by atoms with Crippen LogP contribution in [0.4, 0.5) is 0 Å². The summed E-state index contributed by atoms with van der Waals surface area (Å²) in [4.78, 5) is 10.6. The molecule has 240 valence electrons. The first-order valence-corrected chi connectivity index (χ1v) is 17.8. The average Bonchev–Trinajstić information content (AvgIpc) is 3.84. The molecule has 0 fully saturated rings. The monoisotopic (exact) mass is 660 g/mol. The third-order valence-electron chi connectivity index (χ3n) is 11.0. The maximum atomic E-state index is 5.33. The lowest BCUT2D eigenvalue weighted by molar-refractivity contribution is 1.18. The van der Waals surface area contributed by atoms with E-state index in [-0.39, 0.29) is 0 Å². The van der Waals surface area contributed by atoms with E-state index in [1.807, 2.05) is 6.07 Å². The number of rotatable bonds is 3. The molecule has 0 atom stereocenters. The van der Waals surface area contributed by atoms with Crippen molar-refractivity contribution in [2.45, 2.75) is 0 Å². The summed E-state index contributed by atoms with van der Waals surface area (Å²) < 4.78 is 4.72. The van der Waals surface area contributed by atoms with E-state index in [2.05, 4.69) is 173 Å². The largest absolute Gasteiger partial charge is 0.309 e. The summed E-state index contributed by atoms with van der Waals surface area (Å²) in [6.45, 7) is 0. The Morgan fingerprint density at radius 1 is 0.385 bits per heavy atom. The highest BCUT2D eigenvalue weighted by Gasteiger charge is 2.23. The molecule has 0 bridgehead atoms. The molecule has 0 N–H and O–H groups in total. The maximum Gasteiger partial charge on any atom is 0.165 e. The Kier molecular flexibility index (Phi) is 5.47. The Balaban J connectivity index is 1.12. The summed E-state index contributed by atoms with van der Waals surface area (Å²) >= 11 is 0. The molecule has 4 nitrogen and oxygen atoms in total. The van der Waals surface area contributed by atoms with Crippen molar-refractivity contribution in [2.24, 2.45) is 0 Å². The first-order valence-electron chi connectivity index (χ1n) is 17.8. The molecule has 4 heterocycles. The van der Waals surface area contributed by atoms with Crippen molar-refractivity contribution in [1.82, 2.24) is 18.9 Å². The van der Waals surface area contributed by atoms with Gasteiger partial charge in [-0.15, -0.1) is 0 Å². The second-order valence-electron chi connectivity index (χ2n) is 13.8. The van der Waals surface area contributed by atoms with Crippen molar-refractivity contribution >= 4 is 82.0 Å². The van der Waals surface area contributed by atoms with Crippen LogP contribution in [0.15, 0.2) is 170 Å². The summed E-state index contributed by atoms with van der Waals surface area (Å²) in [6.07, 6.45) is 0. The van der Waals surface area contributed by atoms with Crippen LogP contribution in [0.2, 0.25) is 0 Å². The van der Waals surface area contributed by atoms with E-state index >= 15 is 0 Å². The summed E-state index contributed by atoms with van der Waals surface area (Å²) in [6, 6.07) is 61.2. The Morgan fingerprint density at radius 3 is 1.88 bits per heavy atom. The molecule has 0 aliphatic rings. The highest BCUT2D eigenvalue weighted by atomic mass is 15.0. The van der Waals surface area contributed by atoms with Crippen molar-refractivity contribution in [3.63, 3.8) is 0 Å². The van der Waals surface area contributed by atoms with Gasteiger partial charge in [0.1, 0.15) is 5.52 Å². The number of para-hydroxylation sites is 2. The minimum atomic E-state index is 0.894. The van der Waals surface area contributed by atoms with Gasteiger partial charge in [-0.3, -0.25) is 4.40 Å². The topological polar surface area (TPSA) is 35.1 Å². The van der Waals surface area contributed by atoms with Gasteiger partial charge in [-0.2, -0.15) is 0 Å². The van der Waals surface area contributed by atoms with Gasteiger partial charge in [0.05, 0.1) is 33.1 Å². The van der Waals surface area contributed by atoms with E-state index in [9.17, 15) is 0 Å². The first-order chi connectivity index (χ1) is 25.8. The molecule has 4 heteroatoms. The van der Waals surface area contributed by atoms with Gasteiger partial charge < -0.3 is 4.57 Å². The van der Waals surface area contributed by atoms with Gasteiger partial charge in [0.25, 0.3) is 0 Å². The second-order valence-corrected chi connectivity index (χ2v) is 13.8. The van der Waals surface area contributed by atoms with Crippen LogP contribution in [0.5, 0.6) is 0 Å². The first kappa shape index (κ1) is 27.7. The maximum absolute atomic E-state index is 5.33. The van der Waals surface area contributed by atoms with Crippen LogP contribution in [0.25, 0.3) is 110 Å². The van der Waals surface area contributed by atoms with E-state index in [0.717, 1.165) is 38.7 Å². The number of benzene rings is 8. The van der Waals surface area contributed by atoms with Crippen LogP contribution >= 0.6 is 0 Å². The smallest absolute Gasteiger partial charge is 0.165 e. The van der Waals surface area contributed by atoms with Crippen molar-refractivity contribution < 1.29 is 0 Å². The van der Waals surface area contributed by atoms with Crippen molar-refractivity contribution in [1.29, 1.82) is 0 Å². The van der Waals surface area contributed by atoms with Crippen LogP contribution < -0.4 is 0 Å². The van der Waals surface area contributed by atoms with Gasteiger partial charge >= 0.3 is 0 Å². The molecule has 12 aromatic rings. The molecule has 8 aromatic carbocycles. The minimum Gasteiger partial charge on any atom is -0.309 e. The van der Waals surface area contributed by atoms with Crippen molar-refractivity contribution in [2.75, 3.05) is 0 Å². The van der Waals surface area contributed by atoms with Crippen molar-refractivity contribution in [3.8, 4) is 27.9 Å². The summed E-state index contributed by atoms with van der Waals surface area (Å²) in [5, 5.41) is 8.56. The molecule has 0 spiro atoms. The third-order valence-corrected chi connectivity index (χ3v) is 11.0. The van der Waals surface area contributed by atoms with E-state index in [1.54, 1.807) is 0 Å². The summed E-state index contributed by atoms with van der Waals surface area (Å²) in [7, 11) is 0. The zero-order valence-electron chi connectivity index (χ0n) is 28.0. The van der Waals surface area contributed by atoms with Gasteiger partial charge in [-0.05, 0) is 93.7 Å². The molecule has 0 radical (unpaired) electrons. The lowest BCUT2D eigenvalue weighted by Crippen LogP contribution is -1.92. The Morgan fingerprint density at radius 2 is 1.04 bits per heavy atom. The molecule has 0 unspecified atom stereocenters. The molecular weight excluding hydrogens is 633 g/mol. The fourth-order valence-electron chi connectivity index (χ4n) is 8.67. The molecule has 52 heavy (non-hydrogen) atoms. The van der Waals surface area contributed by atoms with E-state index < -0.39 is 0 Å². The van der Waals surface area contributed by atoms with Crippen LogP contribution in [0, 0.1) is 0 Å². The molecule has 0 amide bonds. The standard InChI is InChI=1S/C48H28N4/c1-3-11-29(12-4-1)32-19-22-40-41(28-32)49-46-39-27-33-13-7-8-16-35(33)45-38-26-31(21-24-44(38)52(47(39)45)48(46)50-40)30-20-23-43-37(25-30)36-17-9-10-18-42(36)51(43)34-14-5-2-6-15-34/h1-28H. The van der Waals surface area contributed by atoms with Crippen LogP contribution in [0.1, 0.15) is 0 Å². The number of aromatic nitrogens is 4. The lowest BCUT2D eigenvalue weighted by atomic mass is 9.98. The van der Waals surface area contributed by atoms with Gasteiger partial charge in [0, 0.05) is 32.6 Å². The highest BCUT2D eigenvalue weighted by Crippen LogP contribution is 2.44. The summed E-state index contributed by atoms with van der Waals surface area (Å²) in [5.41, 5.74) is 14.3. The second kappa shape index (κ2) is 10.3. The van der Waals surface area contributed by atoms with Gasteiger partial charge in [-0.1, -0.05) is 109 Å². The van der Waals surface area contributed by atoms with Crippen LogP contribution in [-0.4, -0.2) is 18.9 Å². The summed E-state index contributed by atoms with van der Waals surface area (Å²) in [5.74, 6) is 0. The zero-order chi connectivity index (χ0) is 33.9. The predicted molar refractivity (Wildman–Crippen MR) is 217 cm³/mol. The molecule has 0 aliphatic carbocycles. The highest BCUT2D eigenvalue weighted by molar-refractivity contribution is 6.31. The molecule has 0 saturated heterocycles. The number of hydrogen-bond acceptors (Lipinski definition) is 2. The number of hydrogen-bond donors (Lipinski definition) is 0.